The zero-order chi connectivity index (χ0) is 22.8. The van der Waals surface area contributed by atoms with E-state index in [0.717, 1.165) is 25.7 Å². The fourth-order valence-electron chi connectivity index (χ4n) is 4.30. The van der Waals surface area contributed by atoms with Crippen LogP contribution in [0.1, 0.15) is 167 Å². The molecule has 0 aliphatic carbocycles. The van der Waals surface area contributed by atoms with Crippen LogP contribution in [0.25, 0.3) is 0 Å². The zero-order valence-corrected chi connectivity index (χ0v) is 20.9. The Hall–Kier alpha value is -0.860. The highest BCUT2D eigenvalue weighted by atomic mass is 16.4. The van der Waals surface area contributed by atoms with Gasteiger partial charge in [0.2, 0.25) is 0 Å². The first-order valence-electron chi connectivity index (χ1n) is 13.9. The first-order chi connectivity index (χ1) is 15.2. The average molecular weight is 439 g/mol. The smallest absolute Gasteiger partial charge is 0.303 e. The van der Waals surface area contributed by atoms with Crippen LogP contribution < -0.4 is 0 Å². The van der Waals surface area contributed by atoms with Gasteiger partial charge in [0.25, 0.3) is 0 Å². The molecule has 0 aliphatic rings. The third-order valence-corrected chi connectivity index (χ3v) is 6.41. The van der Waals surface area contributed by atoms with Gasteiger partial charge in [0.15, 0.2) is 0 Å². The number of carboxylic acid groups (broad SMARTS) is 1. The van der Waals surface area contributed by atoms with Crippen molar-refractivity contribution in [2.24, 2.45) is 0 Å². The van der Waals surface area contributed by atoms with Crippen molar-refractivity contribution in [1.82, 2.24) is 0 Å². The summed E-state index contributed by atoms with van der Waals surface area (Å²) < 4.78 is 0. The lowest BCUT2D eigenvalue weighted by Crippen LogP contribution is -1.98. The van der Waals surface area contributed by atoms with E-state index < -0.39 is 5.97 Å². The highest BCUT2D eigenvalue weighted by Gasteiger charge is 2.03. The van der Waals surface area contributed by atoms with Gasteiger partial charge in [-0.15, -0.1) is 0 Å². The Morgan fingerprint density at radius 3 is 1.00 bits per heavy atom. The van der Waals surface area contributed by atoms with E-state index in [1.54, 1.807) is 0 Å². The van der Waals surface area contributed by atoms with E-state index in [4.69, 9.17) is 5.11 Å². The third kappa shape index (κ3) is 27.1. The molecule has 0 saturated carbocycles. The quantitative estimate of drug-likeness (QED) is 0.137. The number of aliphatic carboxylic acids is 1. The molecule has 0 fully saturated rings. The molecule has 0 aromatic rings. The number of hydrogen-bond donors (Lipinski definition) is 1. The lowest BCUT2D eigenvalue weighted by molar-refractivity contribution is -0.137. The van der Waals surface area contributed by atoms with Crippen LogP contribution in [0, 0.1) is 0 Å². The molecule has 0 saturated heterocycles. The Bertz CT molecular complexity index is 392. The molecule has 0 aliphatic heterocycles. The van der Waals surface area contributed by atoms with Gasteiger partial charge in [-0.2, -0.15) is 0 Å². The predicted octanol–water partition coefficient (Wildman–Crippen LogP) is 9.41. The normalized spacial score (nSPS) is 11.1. The fourth-order valence-corrected chi connectivity index (χ4v) is 4.30. The van der Waals surface area contributed by atoms with Crippen molar-refractivity contribution in [1.29, 1.82) is 0 Å². The van der Waals surface area contributed by atoms with Gasteiger partial charge in [-0.25, -0.2) is 0 Å². The van der Waals surface area contributed by atoms with Crippen molar-refractivity contribution < 1.29 is 14.7 Å². The molecule has 184 valence electrons. The van der Waals surface area contributed by atoms with Gasteiger partial charge in [-0.05, 0) is 19.3 Å². The van der Waals surface area contributed by atoms with Crippen molar-refractivity contribution in [2.45, 2.75) is 167 Å². The van der Waals surface area contributed by atoms with Gasteiger partial charge in [0, 0.05) is 19.3 Å². The molecule has 0 bridgehead atoms. The number of carbonyl (C=O) groups excluding carboxylic acids is 1. The van der Waals surface area contributed by atoms with Crippen molar-refractivity contribution in [3.8, 4) is 0 Å². The molecule has 0 radical (unpaired) electrons. The lowest BCUT2D eigenvalue weighted by Gasteiger charge is -2.04. The standard InChI is InChI=1S/C28H54O3/c1-2-3-4-5-6-7-8-9-10-11-12-13-14-15-16-17-18-19-21-24-27(29)25-22-20-23-26-28(30)31/h2-26H2,1H3,(H,30,31). The zero-order valence-electron chi connectivity index (χ0n) is 20.9. The summed E-state index contributed by atoms with van der Waals surface area (Å²) in [5.41, 5.74) is 0. The summed E-state index contributed by atoms with van der Waals surface area (Å²) >= 11 is 0. The molecule has 0 aromatic heterocycles. The van der Waals surface area contributed by atoms with Crippen LogP contribution >= 0.6 is 0 Å². The lowest BCUT2D eigenvalue weighted by atomic mass is 10.0. The van der Waals surface area contributed by atoms with Crippen molar-refractivity contribution in [2.75, 3.05) is 0 Å². The SMILES string of the molecule is CCCCCCCCCCCCCCCCCCCCCC(=O)CCCCCC(=O)O. The van der Waals surface area contributed by atoms with E-state index in [1.165, 1.54) is 116 Å². The van der Waals surface area contributed by atoms with Crippen LogP contribution in [0.15, 0.2) is 0 Å². The molecule has 0 spiro atoms. The maximum Gasteiger partial charge on any atom is 0.303 e. The minimum Gasteiger partial charge on any atom is -0.481 e. The molecular formula is C28H54O3. The van der Waals surface area contributed by atoms with Crippen molar-refractivity contribution >= 4 is 11.8 Å². The Kier molecular flexibility index (Phi) is 24.7. The highest BCUT2D eigenvalue weighted by molar-refractivity contribution is 5.78. The van der Waals surface area contributed by atoms with E-state index >= 15 is 0 Å². The third-order valence-electron chi connectivity index (χ3n) is 6.41. The second-order valence-electron chi connectivity index (χ2n) is 9.61. The van der Waals surface area contributed by atoms with Crippen molar-refractivity contribution in [3.05, 3.63) is 0 Å². The molecular weight excluding hydrogens is 384 g/mol. The number of ketones is 1. The first kappa shape index (κ1) is 30.1. The summed E-state index contributed by atoms with van der Waals surface area (Å²) in [5, 5.41) is 8.58. The van der Waals surface area contributed by atoms with Gasteiger partial charge in [0.05, 0.1) is 0 Å². The molecule has 1 N–H and O–H groups in total. The molecule has 31 heavy (non-hydrogen) atoms. The second kappa shape index (κ2) is 25.4. The monoisotopic (exact) mass is 438 g/mol. The molecule has 0 unspecified atom stereocenters. The van der Waals surface area contributed by atoms with Gasteiger partial charge < -0.3 is 5.11 Å². The van der Waals surface area contributed by atoms with E-state index in [-0.39, 0.29) is 6.42 Å². The Labute approximate surface area is 194 Å². The van der Waals surface area contributed by atoms with Crippen LogP contribution in [-0.2, 0) is 9.59 Å². The van der Waals surface area contributed by atoms with E-state index in [9.17, 15) is 9.59 Å². The summed E-state index contributed by atoms with van der Waals surface area (Å²) in [5.74, 6) is -0.372. The van der Waals surface area contributed by atoms with Gasteiger partial charge in [-0.1, -0.05) is 129 Å². The molecule has 0 heterocycles. The minimum absolute atomic E-state index is 0.230. The van der Waals surface area contributed by atoms with E-state index in [1.807, 2.05) is 0 Å². The summed E-state index contributed by atoms with van der Waals surface area (Å²) in [6, 6.07) is 0. The van der Waals surface area contributed by atoms with E-state index in [2.05, 4.69) is 6.92 Å². The van der Waals surface area contributed by atoms with E-state index in [0.29, 0.717) is 18.6 Å². The minimum atomic E-state index is -0.736. The maximum atomic E-state index is 11.8. The second-order valence-corrected chi connectivity index (χ2v) is 9.61. The molecule has 0 rings (SSSR count). The first-order valence-corrected chi connectivity index (χ1v) is 13.9. The molecule has 3 nitrogen and oxygen atoms in total. The number of unbranched alkanes of at least 4 members (excludes halogenated alkanes) is 20. The summed E-state index contributed by atoms with van der Waals surface area (Å²) in [7, 11) is 0. The van der Waals surface area contributed by atoms with Crippen LogP contribution in [0.4, 0.5) is 0 Å². The van der Waals surface area contributed by atoms with Crippen molar-refractivity contribution in [3.63, 3.8) is 0 Å². The largest absolute Gasteiger partial charge is 0.481 e. The summed E-state index contributed by atoms with van der Waals surface area (Å²) in [6.07, 6.45) is 30.1. The number of carbonyl (C=O) groups is 2. The molecule has 0 amide bonds. The summed E-state index contributed by atoms with van der Waals surface area (Å²) in [6.45, 7) is 2.28. The Morgan fingerprint density at radius 1 is 0.419 bits per heavy atom. The number of carboxylic acids is 1. The van der Waals surface area contributed by atoms with Crippen LogP contribution in [-0.4, -0.2) is 16.9 Å². The summed E-state index contributed by atoms with van der Waals surface area (Å²) in [4.78, 5) is 22.2. The maximum absolute atomic E-state index is 11.8. The van der Waals surface area contributed by atoms with Gasteiger partial charge >= 0.3 is 5.97 Å². The average Bonchev–Trinajstić information content (AvgIpc) is 2.75. The Morgan fingerprint density at radius 2 is 0.677 bits per heavy atom. The fraction of sp³-hybridized carbons (Fsp3) is 0.929. The number of hydrogen-bond acceptors (Lipinski definition) is 2. The van der Waals surface area contributed by atoms with Gasteiger partial charge in [-0.3, -0.25) is 9.59 Å². The molecule has 3 heteroatoms. The highest BCUT2D eigenvalue weighted by Crippen LogP contribution is 2.15. The predicted molar refractivity (Wildman–Crippen MR) is 134 cm³/mol. The molecule has 0 aromatic carbocycles. The number of rotatable bonds is 26. The van der Waals surface area contributed by atoms with Gasteiger partial charge in [0.1, 0.15) is 5.78 Å². The number of Topliss-reactive ketones (excluding diaryl/α,β-unsaturated/α-hetero) is 1. The molecule has 0 atom stereocenters. The Balaban J connectivity index is 3.12. The van der Waals surface area contributed by atoms with Crippen LogP contribution in [0.3, 0.4) is 0 Å². The van der Waals surface area contributed by atoms with Crippen LogP contribution in [0.2, 0.25) is 0 Å². The van der Waals surface area contributed by atoms with Crippen LogP contribution in [0.5, 0.6) is 0 Å². The topological polar surface area (TPSA) is 54.4 Å².